The van der Waals surface area contributed by atoms with Gasteiger partial charge in [-0.3, -0.25) is 14.1 Å². The quantitative estimate of drug-likeness (QED) is 0.848. The van der Waals surface area contributed by atoms with Gasteiger partial charge in [-0.25, -0.2) is 8.42 Å². The highest BCUT2D eigenvalue weighted by molar-refractivity contribution is 7.92. The van der Waals surface area contributed by atoms with Gasteiger partial charge in [0.25, 0.3) is 0 Å². The molecule has 1 aliphatic rings. The zero-order chi connectivity index (χ0) is 17.2. The van der Waals surface area contributed by atoms with Crippen LogP contribution in [0.25, 0.3) is 10.9 Å². The van der Waals surface area contributed by atoms with Gasteiger partial charge in [0, 0.05) is 24.7 Å². The van der Waals surface area contributed by atoms with Crippen molar-refractivity contribution in [2.75, 3.05) is 30.2 Å². The number of likely N-dealkylation sites (tertiary alicyclic amines) is 1. The van der Waals surface area contributed by atoms with Crippen molar-refractivity contribution in [2.45, 2.75) is 19.3 Å². The van der Waals surface area contributed by atoms with Crippen LogP contribution in [0.2, 0.25) is 0 Å². The lowest BCUT2D eigenvalue weighted by Crippen LogP contribution is -2.44. The molecule has 1 aromatic carbocycles. The molecule has 0 unspecified atom stereocenters. The average molecular weight is 347 g/mol. The highest BCUT2D eigenvalue weighted by atomic mass is 32.2. The SMILES string of the molecule is CS(=O)(=O)N(CC(=O)N1CCCCC1)c1cccc2cccnc12. The number of benzene rings is 1. The van der Waals surface area contributed by atoms with Gasteiger partial charge in [-0.2, -0.15) is 0 Å². The number of sulfonamides is 1. The van der Waals surface area contributed by atoms with E-state index in [4.69, 9.17) is 0 Å². The standard InChI is InChI=1S/C17H21N3O3S/c1-24(22,23)20(13-16(21)19-11-3-2-4-12-19)15-9-5-7-14-8-6-10-18-17(14)15/h5-10H,2-4,11-13H2,1H3. The van der Waals surface area contributed by atoms with Gasteiger partial charge < -0.3 is 4.90 Å². The number of hydrogen-bond acceptors (Lipinski definition) is 4. The maximum Gasteiger partial charge on any atom is 0.243 e. The van der Waals surface area contributed by atoms with Crippen molar-refractivity contribution < 1.29 is 13.2 Å². The van der Waals surface area contributed by atoms with Crippen molar-refractivity contribution in [1.82, 2.24) is 9.88 Å². The van der Waals surface area contributed by atoms with Crippen molar-refractivity contribution in [3.63, 3.8) is 0 Å². The second-order valence-electron chi connectivity index (χ2n) is 6.06. The molecule has 2 aromatic rings. The second kappa shape index (κ2) is 6.76. The first kappa shape index (κ1) is 16.7. The first-order valence-electron chi connectivity index (χ1n) is 8.06. The van der Waals surface area contributed by atoms with Crippen LogP contribution in [0.5, 0.6) is 0 Å². The van der Waals surface area contributed by atoms with Gasteiger partial charge >= 0.3 is 0 Å². The molecule has 1 aliphatic heterocycles. The second-order valence-corrected chi connectivity index (χ2v) is 7.97. The van der Waals surface area contributed by atoms with E-state index < -0.39 is 10.0 Å². The summed E-state index contributed by atoms with van der Waals surface area (Å²) in [6.45, 7) is 1.21. The van der Waals surface area contributed by atoms with Crippen LogP contribution in [-0.2, 0) is 14.8 Å². The predicted octanol–water partition coefficient (Wildman–Crippen LogP) is 2.01. The van der Waals surface area contributed by atoms with Gasteiger partial charge in [-0.05, 0) is 31.4 Å². The van der Waals surface area contributed by atoms with Crippen molar-refractivity contribution in [1.29, 1.82) is 0 Å². The summed E-state index contributed by atoms with van der Waals surface area (Å²) in [5.74, 6) is -0.159. The van der Waals surface area contributed by atoms with E-state index in [0.717, 1.165) is 30.9 Å². The van der Waals surface area contributed by atoms with E-state index in [1.54, 1.807) is 29.3 Å². The largest absolute Gasteiger partial charge is 0.341 e. The molecule has 1 saturated heterocycles. The summed E-state index contributed by atoms with van der Waals surface area (Å²) >= 11 is 0. The molecule has 1 fully saturated rings. The number of piperidine rings is 1. The zero-order valence-corrected chi connectivity index (χ0v) is 14.5. The molecule has 0 saturated carbocycles. The molecule has 128 valence electrons. The molecule has 1 amide bonds. The van der Waals surface area contributed by atoms with Crippen LogP contribution in [0.1, 0.15) is 19.3 Å². The predicted molar refractivity (Wildman–Crippen MR) is 94.4 cm³/mol. The molecule has 0 radical (unpaired) electrons. The normalized spacial score (nSPS) is 15.5. The maximum atomic E-state index is 12.6. The summed E-state index contributed by atoms with van der Waals surface area (Å²) in [6, 6.07) is 9.02. The minimum Gasteiger partial charge on any atom is -0.341 e. The van der Waals surface area contributed by atoms with Crippen LogP contribution in [0.15, 0.2) is 36.5 Å². The smallest absolute Gasteiger partial charge is 0.243 e. The Morgan fingerprint density at radius 3 is 2.58 bits per heavy atom. The molecule has 24 heavy (non-hydrogen) atoms. The minimum absolute atomic E-state index is 0.159. The number of nitrogens with zero attached hydrogens (tertiary/aromatic N) is 3. The first-order chi connectivity index (χ1) is 11.5. The number of carbonyl (C=O) groups excluding carboxylic acids is 1. The molecule has 1 aromatic heterocycles. The number of pyridine rings is 1. The number of para-hydroxylation sites is 1. The van der Waals surface area contributed by atoms with Crippen LogP contribution < -0.4 is 4.31 Å². The van der Waals surface area contributed by atoms with E-state index in [1.807, 2.05) is 12.1 Å². The number of carbonyl (C=O) groups is 1. The summed E-state index contributed by atoms with van der Waals surface area (Å²) in [7, 11) is -3.60. The Kier molecular flexibility index (Phi) is 4.71. The summed E-state index contributed by atoms with van der Waals surface area (Å²) in [4.78, 5) is 18.6. The summed E-state index contributed by atoms with van der Waals surface area (Å²) < 4.78 is 25.8. The van der Waals surface area contributed by atoms with Crippen LogP contribution in [0.3, 0.4) is 0 Å². The molecule has 0 N–H and O–H groups in total. The number of rotatable bonds is 4. The van der Waals surface area contributed by atoms with Crippen molar-refractivity contribution >= 4 is 32.5 Å². The highest BCUT2D eigenvalue weighted by Gasteiger charge is 2.26. The van der Waals surface area contributed by atoms with Gasteiger partial charge in [0.05, 0.1) is 17.5 Å². The third-order valence-electron chi connectivity index (χ3n) is 4.27. The number of amides is 1. The van der Waals surface area contributed by atoms with Gasteiger partial charge in [0.15, 0.2) is 0 Å². The van der Waals surface area contributed by atoms with E-state index in [-0.39, 0.29) is 12.5 Å². The lowest BCUT2D eigenvalue weighted by atomic mass is 10.1. The van der Waals surface area contributed by atoms with E-state index in [9.17, 15) is 13.2 Å². The molecule has 0 spiro atoms. The fourth-order valence-electron chi connectivity index (χ4n) is 3.04. The lowest BCUT2D eigenvalue weighted by Gasteiger charge is -2.30. The molecule has 2 heterocycles. The Morgan fingerprint density at radius 1 is 1.17 bits per heavy atom. The molecule has 3 rings (SSSR count). The summed E-state index contributed by atoms with van der Waals surface area (Å²) in [5.41, 5.74) is 1.03. The average Bonchev–Trinajstić information content (AvgIpc) is 2.59. The number of hydrogen-bond donors (Lipinski definition) is 0. The summed E-state index contributed by atoms with van der Waals surface area (Å²) in [5, 5.41) is 0.842. The van der Waals surface area contributed by atoms with Crippen molar-refractivity contribution in [2.24, 2.45) is 0 Å². The fraction of sp³-hybridized carbons (Fsp3) is 0.412. The van der Waals surface area contributed by atoms with E-state index in [1.165, 1.54) is 4.31 Å². The molecule has 0 aliphatic carbocycles. The van der Waals surface area contributed by atoms with Crippen molar-refractivity contribution in [3.05, 3.63) is 36.5 Å². The third-order valence-corrected chi connectivity index (χ3v) is 5.39. The molecular formula is C17H21N3O3S. The Morgan fingerprint density at radius 2 is 1.88 bits per heavy atom. The third kappa shape index (κ3) is 3.51. The lowest BCUT2D eigenvalue weighted by molar-refractivity contribution is -0.130. The first-order valence-corrected chi connectivity index (χ1v) is 9.91. The van der Waals surface area contributed by atoms with Gasteiger partial charge in [0.2, 0.25) is 15.9 Å². The molecule has 0 bridgehead atoms. The number of fused-ring (bicyclic) bond motifs is 1. The number of aromatic nitrogens is 1. The monoisotopic (exact) mass is 347 g/mol. The maximum absolute atomic E-state index is 12.6. The van der Waals surface area contributed by atoms with Crippen molar-refractivity contribution in [3.8, 4) is 0 Å². The van der Waals surface area contributed by atoms with E-state index in [2.05, 4.69) is 4.98 Å². The van der Waals surface area contributed by atoms with Gasteiger partial charge in [-0.15, -0.1) is 0 Å². The highest BCUT2D eigenvalue weighted by Crippen LogP contribution is 2.26. The topological polar surface area (TPSA) is 70.6 Å². The molecular weight excluding hydrogens is 326 g/mol. The van der Waals surface area contributed by atoms with Gasteiger partial charge in [-0.1, -0.05) is 18.2 Å². The number of anilines is 1. The zero-order valence-electron chi connectivity index (χ0n) is 13.7. The van der Waals surface area contributed by atoms with Gasteiger partial charge in [0.1, 0.15) is 6.54 Å². The molecule has 0 atom stereocenters. The Bertz CT molecular complexity index is 840. The van der Waals surface area contributed by atoms with E-state index in [0.29, 0.717) is 24.3 Å². The minimum atomic E-state index is -3.60. The van der Waals surface area contributed by atoms with Crippen LogP contribution >= 0.6 is 0 Å². The van der Waals surface area contributed by atoms with Crippen LogP contribution in [0.4, 0.5) is 5.69 Å². The fourth-order valence-corrected chi connectivity index (χ4v) is 3.89. The Hall–Kier alpha value is -2.15. The summed E-state index contributed by atoms with van der Waals surface area (Å²) in [6.07, 6.45) is 5.81. The molecule has 7 heteroatoms. The Labute approximate surface area is 142 Å². The Balaban J connectivity index is 1.96. The molecule has 6 nitrogen and oxygen atoms in total. The van der Waals surface area contributed by atoms with Crippen LogP contribution in [-0.4, -0.2) is 50.1 Å². The van der Waals surface area contributed by atoms with E-state index >= 15 is 0 Å². The van der Waals surface area contributed by atoms with Crippen LogP contribution in [0, 0.1) is 0 Å².